The van der Waals surface area contributed by atoms with Crippen LogP contribution in [0, 0.1) is 5.92 Å². The molecule has 17 heavy (non-hydrogen) atoms. The molecule has 0 bridgehead atoms. The number of aliphatic carboxylic acids is 1. The highest BCUT2D eigenvalue weighted by Crippen LogP contribution is 2.21. The molecule has 5 nitrogen and oxygen atoms in total. The number of carbonyl (C=O) groups is 2. The Labute approximate surface area is 102 Å². The predicted molar refractivity (Wildman–Crippen MR) is 64.5 cm³/mol. The molecule has 1 unspecified atom stereocenters. The summed E-state index contributed by atoms with van der Waals surface area (Å²) >= 11 is 0. The van der Waals surface area contributed by atoms with E-state index in [9.17, 15) is 9.59 Å². The number of carbonyl (C=O) groups excluding carboxylic acids is 1. The Bertz CT molecular complexity index is 268. The number of amides is 1. The summed E-state index contributed by atoms with van der Waals surface area (Å²) in [6, 6.07) is 0. The molecule has 0 aromatic carbocycles. The van der Waals surface area contributed by atoms with Crippen LogP contribution in [0.1, 0.15) is 38.5 Å². The lowest BCUT2D eigenvalue weighted by Crippen LogP contribution is -2.28. The third kappa shape index (κ3) is 5.17. The minimum absolute atomic E-state index is 0.191. The Morgan fingerprint density at radius 2 is 2.06 bits per heavy atom. The highest BCUT2D eigenvalue weighted by Gasteiger charge is 2.25. The van der Waals surface area contributed by atoms with Crippen LogP contribution >= 0.6 is 0 Å². The minimum atomic E-state index is -0.752. The summed E-state index contributed by atoms with van der Waals surface area (Å²) in [4.78, 5) is 24.1. The molecule has 1 aliphatic heterocycles. The zero-order valence-corrected chi connectivity index (χ0v) is 10.2. The number of likely N-dealkylation sites (tertiary alicyclic amines) is 1. The fraction of sp³-hybridized carbons (Fsp3) is 0.833. The van der Waals surface area contributed by atoms with E-state index in [1.165, 1.54) is 0 Å². The van der Waals surface area contributed by atoms with Crippen LogP contribution in [0.25, 0.3) is 0 Å². The lowest BCUT2D eigenvalue weighted by Gasteiger charge is -2.16. The number of carboxylic acids is 1. The van der Waals surface area contributed by atoms with Crippen molar-refractivity contribution >= 4 is 11.9 Å². The van der Waals surface area contributed by atoms with Crippen LogP contribution in [0.3, 0.4) is 0 Å². The number of hydrogen-bond donors (Lipinski definition) is 2. The fourth-order valence-electron chi connectivity index (χ4n) is 2.20. The van der Waals surface area contributed by atoms with Crippen LogP contribution in [0.15, 0.2) is 0 Å². The van der Waals surface area contributed by atoms with Crippen LogP contribution in [-0.2, 0) is 9.59 Å². The Kier molecular flexibility index (Phi) is 5.97. The van der Waals surface area contributed by atoms with Gasteiger partial charge in [0, 0.05) is 25.9 Å². The Balaban J connectivity index is 2.20. The first kappa shape index (κ1) is 14.0. The van der Waals surface area contributed by atoms with Crippen LogP contribution in [0.2, 0.25) is 0 Å². The summed E-state index contributed by atoms with van der Waals surface area (Å²) in [7, 11) is 0. The molecule has 1 aliphatic rings. The third-order valence-corrected chi connectivity index (χ3v) is 3.25. The monoisotopic (exact) mass is 242 g/mol. The van der Waals surface area contributed by atoms with Crippen molar-refractivity contribution < 1.29 is 14.7 Å². The van der Waals surface area contributed by atoms with Crippen LogP contribution in [-0.4, -0.2) is 41.5 Å². The Morgan fingerprint density at radius 3 is 2.71 bits per heavy atom. The van der Waals surface area contributed by atoms with Crippen LogP contribution < -0.4 is 5.73 Å². The van der Waals surface area contributed by atoms with Gasteiger partial charge in [0.05, 0.1) is 0 Å². The van der Waals surface area contributed by atoms with Crippen molar-refractivity contribution in [2.24, 2.45) is 11.7 Å². The van der Waals surface area contributed by atoms with Gasteiger partial charge < -0.3 is 15.7 Å². The van der Waals surface area contributed by atoms with Crippen LogP contribution in [0.5, 0.6) is 0 Å². The van der Waals surface area contributed by atoms with Gasteiger partial charge in [0.15, 0.2) is 0 Å². The summed E-state index contributed by atoms with van der Waals surface area (Å²) in [6.45, 7) is 2.15. The molecule has 1 fully saturated rings. The maximum Gasteiger partial charge on any atom is 0.303 e. The highest BCUT2D eigenvalue weighted by atomic mass is 16.4. The molecule has 1 atom stereocenters. The van der Waals surface area contributed by atoms with Gasteiger partial charge in [-0.05, 0) is 38.1 Å². The standard InChI is InChI=1S/C12H22N2O3/c13-7-2-1-3-11(15)14-8-6-10(9-14)4-5-12(16)17/h10H,1-9,13H2,(H,16,17). The molecule has 0 aromatic heterocycles. The molecule has 1 heterocycles. The second kappa shape index (κ2) is 7.27. The lowest BCUT2D eigenvalue weighted by molar-refractivity contribution is -0.137. The zero-order valence-electron chi connectivity index (χ0n) is 10.2. The van der Waals surface area contributed by atoms with E-state index < -0.39 is 5.97 Å². The first-order valence-electron chi connectivity index (χ1n) is 6.33. The Hall–Kier alpha value is -1.10. The molecule has 1 saturated heterocycles. The molecular formula is C12H22N2O3. The van der Waals surface area contributed by atoms with Gasteiger partial charge in [0.1, 0.15) is 0 Å². The van der Waals surface area contributed by atoms with E-state index in [-0.39, 0.29) is 12.3 Å². The van der Waals surface area contributed by atoms with Crippen molar-refractivity contribution in [1.82, 2.24) is 4.90 Å². The molecule has 1 rings (SSSR count). The van der Waals surface area contributed by atoms with E-state index in [0.29, 0.717) is 25.3 Å². The summed E-state index contributed by atoms with van der Waals surface area (Å²) in [5.41, 5.74) is 5.38. The molecule has 0 radical (unpaired) electrons. The SMILES string of the molecule is NCCCCC(=O)N1CCC(CCC(=O)O)C1. The van der Waals surface area contributed by atoms with E-state index in [4.69, 9.17) is 10.8 Å². The predicted octanol–water partition coefficient (Wildman–Crippen LogP) is 0.829. The van der Waals surface area contributed by atoms with E-state index >= 15 is 0 Å². The highest BCUT2D eigenvalue weighted by molar-refractivity contribution is 5.76. The summed E-state index contributed by atoms with van der Waals surface area (Å²) in [5.74, 6) is -0.196. The van der Waals surface area contributed by atoms with Gasteiger partial charge in [0.25, 0.3) is 0 Å². The number of hydrogen-bond acceptors (Lipinski definition) is 3. The molecule has 0 aromatic rings. The quantitative estimate of drug-likeness (QED) is 0.648. The topological polar surface area (TPSA) is 83.6 Å². The van der Waals surface area contributed by atoms with Crippen molar-refractivity contribution in [3.05, 3.63) is 0 Å². The van der Waals surface area contributed by atoms with E-state index in [1.54, 1.807) is 0 Å². The van der Waals surface area contributed by atoms with Crippen molar-refractivity contribution in [3.8, 4) is 0 Å². The second-order valence-electron chi connectivity index (χ2n) is 4.67. The summed E-state index contributed by atoms with van der Waals surface area (Å²) in [5, 5.41) is 8.60. The minimum Gasteiger partial charge on any atom is -0.481 e. The molecular weight excluding hydrogens is 220 g/mol. The van der Waals surface area contributed by atoms with Crippen LogP contribution in [0.4, 0.5) is 0 Å². The Morgan fingerprint density at radius 1 is 1.29 bits per heavy atom. The molecule has 5 heteroatoms. The molecule has 3 N–H and O–H groups in total. The van der Waals surface area contributed by atoms with Gasteiger partial charge >= 0.3 is 5.97 Å². The smallest absolute Gasteiger partial charge is 0.303 e. The van der Waals surface area contributed by atoms with Crippen molar-refractivity contribution in [3.63, 3.8) is 0 Å². The first-order valence-corrected chi connectivity index (χ1v) is 6.33. The van der Waals surface area contributed by atoms with E-state index in [1.807, 2.05) is 4.90 Å². The number of nitrogens with zero attached hydrogens (tertiary/aromatic N) is 1. The fourth-order valence-corrected chi connectivity index (χ4v) is 2.20. The van der Waals surface area contributed by atoms with Gasteiger partial charge in [0.2, 0.25) is 5.91 Å². The summed E-state index contributed by atoms with van der Waals surface area (Å²) < 4.78 is 0. The molecule has 0 spiro atoms. The maximum atomic E-state index is 11.8. The van der Waals surface area contributed by atoms with Gasteiger partial charge in [-0.3, -0.25) is 9.59 Å². The van der Waals surface area contributed by atoms with Crippen molar-refractivity contribution in [1.29, 1.82) is 0 Å². The van der Waals surface area contributed by atoms with Gasteiger partial charge in [-0.15, -0.1) is 0 Å². The number of carboxylic acid groups (broad SMARTS) is 1. The molecule has 1 amide bonds. The van der Waals surface area contributed by atoms with E-state index in [0.717, 1.165) is 32.4 Å². The molecule has 0 aliphatic carbocycles. The number of rotatable bonds is 7. The van der Waals surface area contributed by atoms with Gasteiger partial charge in [-0.25, -0.2) is 0 Å². The average Bonchev–Trinajstić information content (AvgIpc) is 2.75. The normalized spacial score (nSPS) is 19.6. The maximum absolute atomic E-state index is 11.8. The molecule has 0 saturated carbocycles. The van der Waals surface area contributed by atoms with Gasteiger partial charge in [-0.2, -0.15) is 0 Å². The largest absolute Gasteiger partial charge is 0.481 e. The average molecular weight is 242 g/mol. The molecule has 98 valence electrons. The number of nitrogens with two attached hydrogens (primary N) is 1. The first-order chi connectivity index (χ1) is 8.13. The summed E-state index contributed by atoms with van der Waals surface area (Å²) in [6.07, 6.45) is 4.15. The van der Waals surface area contributed by atoms with Gasteiger partial charge in [-0.1, -0.05) is 0 Å². The zero-order chi connectivity index (χ0) is 12.7. The third-order valence-electron chi connectivity index (χ3n) is 3.25. The van der Waals surface area contributed by atoms with Crippen molar-refractivity contribution in [2.75, 3.05) is 19.6 Å². The van der Waals surface area contributed by atoms with Crippen molar-refractivity contribution in [2.45, 2.75) is 38.5 Å². The second-order valence-corrected chi connectivity index (χ2v) is 4.67. The van der Waals surface area contributed by atoms with E-state index in [2.05, 4.69) is 0 Å². The lowest BCUT2D eigenvalue weighted by atomic mass is 10.0. The number of unbranched alkanes of at least 4 members (excludes halogenated alkanes) is 1.